The lowest BCUT2D eigenvalue weighted by atomic mass is 10.0. The standard InChI is InChI=1S/C13H20N2O4/c1-4-15(13(2,3)12(17)18)9-11(16)14-8-10-6-5-7-19-10/h5-7H,4,8-9H2,1-3H3,(H,14,16)(H,17,18). The largest absolute Gasteiger partial charge is 0.480 e. The molecule has 0 spiro atoms. The number of carbonyl (C=O) groups excluding carboxylic acids is 1. The van der Waals surface area contributed by atoms with E-state index in [-0.39, 0.29) is 12.5 Å². The number of hydrogen-bond donors (Lipinski definition) is 2. The Morgan fingerprint density at radius 3 is 2.63 bits per heavy atom. The summed E-state index contributed by atoms with van der Waals surface area (Å²) >= 11 is 0. The van der Waals surface area contributed by atoms with Crippen LogP contribution in [0.25, 0.3) is 0 Å². The Morgan fingerprint density at radius 1 is 1.47 bits per heavy atom. The minimum atomic E-state index is -1.07. The Labute approximate surface area is 112 Å². The number of carboxylic acid groups (broad SMARTS) is 1. The lowest BCUT2D eigenvalue weighted by molar-refractivity contribution is -0.150. The zero-order valence-electron chi connectivity index (χ0n) is 11.5. The maximum atomic E-state index is 11.8. The maximum absolute atomic E-state index is 11.8. The van der Waals surface area contributed by atoms with Gasteiger partial charge in [-0.05, 0) is 32.5 Å². The summed E-state index contributed by atoms with van der Waals surface area (Å²) in [5, 5.41) is 11.8. The second kappa shape index (κ2) is 6.38. The van der Waals surface area contributed by atoms with Crippen LogP contribution in [0, 0.1) is 0 Å². The molecule has 0 bridgehead atoms. The average Bonchev–Trinajstić information content (AvgIpc) is 2.86. The number of rotatable bonds is 7. The molecule has 0 aliphatic carbocycles. The van der Waals surface area contributed by atoms with E-state index in [1.807, 2.05) is 6.92 Å². The summed E-state index contributed by atoms with van der Waals surface area (Å²) < 4.78 is 5.10. The van der Waals surface area contributed by atoms with Gasteiger partial charge in [0.1, 0.15) is 11.3 Å². The number of nitrogens with zero attached hydrogens (tertiary/aromatic N) is 1. The van der Waals surface area contributed by atoms with Crippen LogP contribution in [0.3, 0.4) is 0 Å². The van der Waals surface area contributed by atoms with Crippen LogP contribution in [-0.4, -0.2) is 40.5 Å². The number of hydrogen-bond acceptors (Lipinski definition) is 4. The van der Waals surface area contributed by atoms with Crippen molar-refractivity contribution >= 4 is 11.9 Å². The van der Waals surface area contributed by atoms with Gasteiger partial charge >= 0.3 is 5.97 Å². The minimum Gasteiger partial charge on any atom is -0.480 e. The summed E-state index contributed by atoms with van der Waals surface area (Å²) in [7, 11) is 0. The molecular weight excluding hydrogens is 248 g/mol. The predicted molar refractivity (Wildman–Crippen MR) is 69.5 cm³/mol. The van der Waals surface area contributed by atoms with Crippen LogP contribution in [0.2, 0.25) is 0 Å². The smallest absolute Gasteiger partial charge is 0.323 e. The highest BCUT2D eigenvalue weighted by atomic mass is 16.4. The summed E-state index contributed by atoms with van der Waals surface area (Å²) in [5.41, 5.74) is -1.07. The van der Waals surface area contributed by atoms with Gasteiger partial charge < -0.3 is 14.8 Å². The van der Waals surface area contributed by atoms with Gasteiger partial charge in [0.25, 0.3) is 0 Å². The van der Waals surface area contributed by atoms with Gasteiger partial charge in [0.05, 0.1) is 19.4 Å². The van der Waals surface area contributed by atoms with Gasteiger partial charge in [-0.15, -0.1) is 0 Å². The van der Waals surface area contributed by atoms with E-state index in [0.717, 1.165) is 0 Å². The van der Waals surface area contributed by atoms with E-state index in [9.17, 15) is 9.59 Å². The predicted octanol–water partition coefficient (Wildman–Crippen LogP) is 1.08. The third kappa shape index (κ3) is 4.10. The molecule has 0 atom stereocenters. The van der Waals surface area contributed by atoms with Crippen LogP contribution in [0.1, 0.15) is 26.5 Å². The number of likely N-dealkylation sites (N-methyl/N-ethyl adjacent to an activating group) is 1. The molecule has 0 unspecified atom stereocenters. The highest BCUT2D eigenvalue weighted by molar-refractivity contribution is 5.81. The molecule has 0 fully saturated rings. The molecule has 6 heteroatoms. The van der Waals surface area contributed by atoms with E-state index in [1.54, 1.807) is 30.9 Å². The SMILES string of the molecule is CCN(CC(=O)NCc1ccco1)C(C)(C)C(=O)O. The second-order valence-electron chi connectivity index (χ2n) is 4.73. The van der Waals surface area contributed by atoms with Crippen molar-refractivity contribution in [3.8, 4) is 0 Å². The molecule has 6 nitrogen and oxygen atoms in total. The van der Waals surface area contributed by atoms with Gasteiger partial charge in [-0.2, -0.15) is 0 Å². The van der Waals surface area contributed by atoms with Crippen molar-refractivity contribution in [2.24, 2.45) is 0 Å². The summed E-state index contributed by atoms with van der Waals surface area (Å²) in [5.74, 6) is -0.519. The number of aliphatic carboxylic acids is 1. The van der Waals surface area contributed by atoms with Crippen LogP contribution >= 0.6 is 0 Å². The lowest BCUT2D eigenvalue weighted by Gasteiger charge is -2.33. The molecule has 1 heterocycles. The molecule has 0 radical (unpaired) electrons. The zero-order chi connectivity index (χ0) is 14.5. The first-order valence-electron chi connectivity index (χ1n) is 6.15. The maximum Gasteiger partial charge on any atom is 0.323 e. The van der Waals surface area contributed by atoms with Crippen molar-refractivity contribution in [2.75, 3.05) is 13.1 Å². The molecule has 0 saturated carbocycles. The summed E-state index contributed by atoms with van der Waals surface area (Å²) in [4.78, 5) is 24.6. The van der Waals surface area contributed by atoms with Gasteiger partial charge in [-0.1, -0.05) is 6.92 Å². The minimum absolute atomic E-state index is 0.0382. The van der Waals surface area contributed by atoms with Crippen molar-refractivity contribution in [1.82, 2.24) is 10.2 Å². The van der Waals surface area contributed by atoms with E-state index in [0.29, 0.717) is 18.8 Å². The zero-order valence-corrected chi connectivity index (χ0v) is 11.5. The Bertz CT molecular complexity index is 426. The van der Waals surface area contributed by atoms with Gasteiger partial charge in [0.2, 0.25) is 5.91 Å². The summed E-state index contributed by atoms with van der Waals surface area (Å²) in [6.45, 7) is 5.81. The van der Waals surface area contributed by atoms with Gasteiger partial charge in [0.15, 0.2) is 0 Å². The fourth-order valence-electron chi connectivity index (χ4n) is 1.67. The highest BCUT2D eigenvalue weighted by Gasteiger charge is 2.34. The summed E-state index contributed by atoms with van der Waals surface area (Å²) in [6.07, 6.45) is 1.54. The summed E-state index contributed by atoms with van der Waals surface area (Å²) in [6, 6.07) is 3.51. The Morgan fingerprint density at radius 2 is 2.16 bits per heavy atom. The third-order valence-corrected chi connectivity index (χ3v) is 3.07. The van der Waals surface area contributed by atoms with E-state index in [4.69, 9.17) is 9.52 Å². The molecule has 0 aliphatic heterocycles. The monoisotopic (exact) mass is 268 g/mol. The normalized spacial score (nSPS) is 11.6. The number of nitrogens with one attached hydrogen (secondary N) is 1. The van der Waals surface area contributed by atoms with Crippen molar-refractivity contribution in [1.29, 1.82) is 0 Å². The Kier molecular flexibility index (Phi) is 5.11. The quantitative estimate of drug-likeness (QED) is 0.773. The van der Waals surface area contributed by atoms with Crippen LogP contribution in [0.15, 0.2) is 22.8 Å². The molecule has 2 N–H and O–H groups in total. The number of amides is 1. The lowest BCUT2D eigenvalue weighted by Crippen LogP contribution is -2.53. The van der Waals surface area contributed by atoms with Crippen molar-refractivity contribution in [3.63, 3.8) is 0 Å². The molecular formula is C13H20N2O4. The number of carbonyl (C=O) groups is 2. The number of carboxylic acids is 1. The van der Waals surface area contributed by atoms with Gasteiger partial charge in [0, 0.05) is 0 Å². The van der Waals surface area contributed by atoms with E-state index < -0.39 is 11.5 Å². The van der Waals surface area contributed by atoms with Crippen molar-refractivity contribution < 1.29 is 19.1 Å². The molecule has 1 aromatic heterocycles. The topological polar surface area (TPSA) is 82.8 Å². The molecule has 1 amide bonds. The second-order valence-corrected chi connectivity index (χ2v) is 4.73. The molecule has 0 aliphatic rings. The molecule has 19 heavy (non-hydrogen) atoms. The molecule has 0 saturated heterocycles. The first-order chi connectivity index (χ1) is 8.87. The van der Waals surface area contributed by atoms with Crippen molar-refractivity contribution in [2.45, 2.75) is 32.9 Å². The van der Waals surface area contributed by atoms with Crippen molar-refractivity contribution in [3.05, 3.63) is 24.2 Å². The van der Waals surface area contributed by atoms with Crippen LogP contribution in [0.4, 0.5) is 0 Å². The van der Waals surface area contributed by atoms with Crippen LogP contribution < -0.4 is 5.32 Å². The van der Waals surface area contributed by atoms with Gasteiger partial charge in [-0.3, -0.25) is 14.5 Å². The molecule has 106 valence electrons. The van der Waals surface area contributed by atoms with E-state index in [2.05, 4.69) is 5.32 Å². The molecule has 1 rings (SSSR count). The molecule has 1 aromatic rings. The number of furan rings is 1. The van der Waals surface area contributed by atoms with E-state index in [1.165, 1.54) is 6.26 Å². The van der Waals surface area contributed by atoms with Crippen LogP contribution in [-0.2, 0) is 16.1 Å². The highest BCUT2D eigenvalue weighted by Crippen LogP contribution is 2.13. The first kappa shape index (κ1) is 15.2. The van der Waals surface area contributed by atoms with Gasteiger partial charge in [-0.25, -0.2) is 0 Å². The first-order valence-corrected chi connectivity index (χ1v) is 6.15. The third-order valence-electron chi connectivity index (χ3n) is 3.07. The van der Waals surface area contributed by atoms with E-state index >= 15 is 0 Å². The Hall–Kier alpha value is -1.82. The molecule has 0 aromatic carbocycles. The fraction of sp³-hybridized carbons (Fsp3) is 0.538. The average molecular weight is 268 g/mol. The van der Waals surface area contributed by atoms with Crippen LogP contribution in [0.5, 0.6) is 0 Å². The fourth-order valence-corrected chi connectivity index (χ4v) is 1.67. The Balaban J connectivity index is 2.51.